The molecule has 4 aromatic rings. The van der Waals surface area contributed by atoms with Crippen molar-refractivity contribution in [3.63, 3.8) is 0 Å². The fourth-order valence-corrected chi connectivity index (χ4v) is 15.5. The molecule has 5 aliphatic rings. The van der Waals surface area contributed by atoms with Gasteiger partial charge in [-0.2, -0.15) is 0 Å². The first kappa shape index (κ1) is 65.6. The van der Waals surface area contributed by atoms with Crippen molar-refractivity contribution in [3.8, 4) is 11.8 Å². The van der Waals surface area contributed by atoms with Crippen molar-refractivity contribution in [2.24, 2.45) is 28.6 Å². The molecule has 1 spiro atoms. The average Bonchev–Trinajstić information content (AvgIpc) is 1.35. The molecule has 2 aromatic heterocycles. The van der Waals surface area contributed by atoms with Crippen LogP contribution in [0.3, 0.4) is 0 Å². The summed E-state index contributed by atoms with van der Waals surface area (Å²) in [6.45, 7) is 4.83. The number of carboxylic acids is 1. The minimum absolute atomic E-state index is 0.128. The highest BCUT2D eigenvalue weighted by molar-refractivity contribution is 7.91. The van der Waals surface area contributed by atoms with Gasteiger partial charge in [-0.15, -0.1) is 0 Å². The van der Waals surface area contributed by atoms with Gasteiger partial charge in [0.25, 0.3) is 19.7 Å². The number of Topliss-reactive ketones (excluding diaryl/α,β-unsaturated/α-hetero) is 1. The van der Waals surface area contributed by atoms with E-state index in [0.29, 0.717) is 5.57 Å². The van der Waals surface area contributed by atoms with Crippen molar-refractivity contribution < 1.29 is 127 Å². The molecular formula is C57H62N4O27S2. The van der Waals surface area contributed by atoms with E-state index >= 15 is 0 Å². The van der Waals surface area contributed by atoms with Gasteiger partial charge in [0.1, 0.15) is 6.10 Å². The Kier molecular flexibility index (Phi) is 19.2. The SMILES string of the molecule is CC(C)=CC(=O)O[C@H]1C(=O)OC2CC3C(C)=C(OC(=O)CCC(=O)OCCCCOc4no[n+]([O-])c4S(=O)(=O)c4ccccc4)C(=O)C[C@]3(C)C3[C@@H](O)[C@H](OC(=O)CCC(=O)OCCCCOc4no[n+]([O-])c4S(=O)(=O)c4ccccc4)[C@@]4(C(=O)O)OC[C@@]23C14. The van der Waals surface area contributed by atoms with E-state index < -0.39 is 192 Å². The summed E-state index contributed by atoms with van der Waals surface area (Å²) >= 11 is 0. The second-order valence-electron chi connectivity index (χ2n) is 22.5. The first-order valence-corrected chi connectivity index (χ1v) is 31.3. The molecule has 33 heteroatoms. The lowest BCUT2D eigenvalue weighted by atomic mass is 9.38. The lowest BCUT2D eigenvalue weighted by molar-refractivity contribution is -0.832. The van der Waals surface area contributed by atoms with E-state index in [-0.39, 0.29) is 83.7 Å². The molecule has 10 atom stereocenters. The highest BCUT2D eigenvalue weighted by atomic mass is 32.2. The molecule has 90 heavy (non-hydrogen) atoms. The number of sulfone groups is 2. The van der Waals surface area contributed by atoms with Crippen LogP contribution < -0.4 is 19.3 Å². The van der Waals surface area contributed by atoms with E-state index in [0.717, 1.165) is 6.08 Å². The fourth-order valence-electron chi connectivity index (χ4n) is 12.9. The molecule has 0 radical (unpaired) electrons. The molecule has 2 N–H and O–H groups in total. The molecule has 2 aromatic carbocycles. The number of carbonyl (C=O) groups is 8. The lowest BCUT2D eigenvalue weighted by Gasteiger charge is -2.67. The normalized spacial score (nSPS) is 25.8. The minimum Gasteiger partial charge on any atom is -0.479 e. The summed E-state index contributed by atoms with van der Waals surface area (Å²) in [6, 6.07) is 14.1. The number of ketones is 1. The summed E-state index contributed by atoms with van der Waals surface area (Å²) < 4.78 is 112. The van der Waals surface area contributed by atoms with Gasteiger partial charge in [-0.1, -0.05) is 48.9 Å². The summed E-state index contributed by atoms with van der Waals surface area (Å²) in [5.41, 5.74) is -5.46. The van der Waals surface area contributed by atoms with Crippen LogP contribution in [0.25, 0.3) is 0 Å². The summed E-state index contributed by atoms with van der Waals surface area (Å²) in [6.07, 6.45) is -9.06. The standard InChI is InChI=1S/C57H62N4O27S2/c1-31(2)27-42(67)85-45-47-56-30-82-57(47,54(70)71)48(86-41(66)22-20-39(64)79-24-12-14-26-81-50-52(61(73)88-59-50)90(76,77)34-17-9-6-10-18-34)43(68)46(56)55(4)29-36(62)44(32(3)35(55)28-37(56)83-53(45)69)84-40(65)21-19-38(63)78-23-11-13-25-80-49-51(60(72)87-58-49)89(74,75)33-15-7-5-8-16-33/h5-10,15-18,27,35,37,43,45-48,68H,11-14,19-26,28-30H2,1-4H3,(H,70,71)/t35?,37?,43-,45-,46?,47?,48+,55+,56-,57+/m1/s1. The van der Waals surface area contributed by atoms with Crippen molar-refractivity contribution >= 4 is 67.2 Å². The van der Waals surface area contributed by atoms with Crippen molar-refractivity contribution in [1.82, 2.24) is 10.3 Å². The number of rotatable bonds is 27. The Morgan fingerprint density at radius 1 is 0.722 bits per heavy atom. The van der Waals surface area contributed by atoms with E-state index in [4.69, 9.17) is 42.6 Å². The molecule has 4 fully saturated rings. The van der Waals surface area contributed by atoms with Gasteiger partial charge < -0.3 is 63.3 Å². The Bertz CT molecular complexity index is 3750. The Morgan fingerprint density at radius 2 is 1.22 bits per heavy atom. The van der Waals surface area contributed by atoms with Crippen LogP contribution in [0.15, 0.2) is 113 Å². The quantitative estimate of drug-likeness (QED) is 0.0284. The molecule has 4 unspecified atom stereocenters. The largest absolute Gasteiger partial charge is 0.479 e. The number of hydrogen-bond donors (Lipinski definition) is 2. The summed E-state index contributed by atoms with van der Waals surface area (Å²) in [5, 5.41) is 53.4. The number of esters is 6. The maximum atomic E-state index is 14.4. The number of benzene rings is 2. The second kappa shape index (κ2) is 26.3. The number of unbranched alkanes of at least 4 members (excludes halogenated alkanes) is 2. The number of aliphatic hydroxyl groups excluding tert-OH is 1. The number of ether oxygens (including phenoxy) is 9. The molecule has 0 amide bonds. The fraction of sp³-hybridized carbons (Fsp3) is 0.509. The number of aliphatic carboxylic acids is 1. The van der Waals surface area contributed by atoms with Crippen molar-refractivity contribution in [2.75, 3.05) is 33.0 Å². The maximum absolute atomic E-state index is 14.4. The molecule has 2 saturated heterocycles. The average molecular weight is 1300 g/mol. The molecule has 2 aliphatic heterocycles. The first-order valence-electron chi connectivity index (χ1n) is 28.3. The molecule has 4 heterocycles. The van der Waals surface area contributed by atoms with Gasteiger partial charge in [-0.25, -0.2) is 31.2 Å². The number of allylic oxidation sites excluding steroid dienone is 3. The Labute approximate surface area is 511 Å². The molecule has 31 nitrogen and oxygen atoms in total. The van der Waals surface area contributed by atoms with Crippen LogP contribution >= 0.6 is 0 Å². The minimum atomic E-state index is -4.39. The maximum Gasteiger partial charge on any atom is 0.414 e. The number of carboxylic acid groups (broad SMARTS) is 1. The van der Waals surface area contributed by atoms with Crippen LogP contribution in [0.5, 0.6) is 11.8 Å². The van der Waals surface area contributed by atoms with Gasteiger partial charge in [0.15, 0.2) is 17.6 Å². The lowest BCUT2D eigenvalue weighted by Crippen LogP contribution is -2.79. The summed E-state index contributed by atoms with van der Waals surface area (Å²) in [7, 11) is -8.75. The second-order valence-corrected chi connectivity index (χ2v) is 26.2. The number of nitrogens with zero attached hydrogens (tertiary/aromatic N) is 4. The van der Waals surface area contributed by atoms with Crippen LogP contribution in [0, 0.1) is 39.0 Å². The van der Waals surface area contributed by atoms with Crippen molar-refractivity contribution in [3.05, 3.63) is 94.1 Å². The molecule has 3 aliphatic carbocycles. The molecule has 2 saturated carbocycles. The highest BCUT2D eigenvalue weighted by Crippen LogP contribution is 2.73. The van der Waals surface area contributed by atoms with Crippen molar-refractivity contribution in [2.45, 2.75) is 142 Å². The topological polar surface area (TPSA) is 434 Å². The zero-order valence-corrected chi connectivity index (χ0v) is 50.3. The molecule has 2 bridgehead atoms. The summed E-state index contributed by atoms with van der Waals surface area (Å²) in [4.78, 5) is 108. The van der Waals surface area contributed by atoms with Gasteiger partial charge in [0.2, 0.25) is 11.7 Å². The van der Waals surface area contributed by atoms with E-state index in [2.05, 4.69) is 19.6 Å². The smallest absolute Gasteiger partial charge is 0.414 e. The highest BCUT2D eigenvalue weighted by Gasteiger charge is 2.86. The summed E-state index contributed by atoms with van der Waals surface area (Å²) in [5.74, 6) is -14.4. The number of fused-ring (bicyclic) bond motifs is 2. The predicted octanol–water partition coefficient (Wildman–Crippen LogP) is 2.24. The Morgan fingerprint density at radius 3 is 1.73 bits per heavy atom. The Balaban J connectivity index is 0.831. The zero-order chi connectivity index (χ0) is 65.1. The predicted molar refractivity (Wildman–Crippen MR) is 290 cm³/mol. The van der Waals surface area contributed by atoms with E-state index in [1.807, 2.05) is 0 Å². The van der Waals surface area contributed by atoms with E-state index in [1.54, 1.807) is 32.9 Å². The third-order valence-corrected chi connectivity index (χ3v) is 20.0. The van der Waals surface area contributed by atoms with Crippen LogP contribution in [0.1, 0.15) is 91.9 Å². The monoisotopic (exact) mass is 1300 g/mol. The van der Waals surface area contributed by atoms with Gasteiger partial charge in [0, 0.05) is 23.8 Å². The Hall–Kier alpha value is -8.82. The van der Waals surface area contributed by atoms with Crippen LogP contribution in [0.4, 0.5) is 0 Å². The number of hydrogen-bond acceptors (Lipinski definition) is 28. The third kappa shape index (κ3) is 12.4. The molecule has 484 valence electrons. The van der Waals surface area contributed by atoms with Crippen LogP contribution in [-0.2, 0) is 91.2 Å². The third-order valence-electron chi connectivity index (χ3n) is 16.6. The first-order chi connectivity index (χ1) is 42.7. The molecule has 9 rings (SSSR count). The molecular weight excluding hydrogens is 1240 g/mol. The van der Waals surface area contributed by atoms with Crippen LogP contribution in [0.2, 0.25) is 0 Å². The van der Waals surface area contributed by atoms with E-state index in [9.17, 15) is 75.8 Å². The van der Waals surface area contributed by atoms with E-state index in [1.165, 1.54) is 55.5 Å². The number of aromatic nitrogens is 4. The number of carbonyl (C=O) groups excluding carboxylic acids is 7. The number of aliphatic hydroxyl groups is 1. The zero-order valence-electron chi connectivity index (χ0n) is 48.7. The van der Waals surface area contributed by atoms with Gasteiger partial charge in [0.05, 0.1) is 90.8 Å². The van der Waals surface area contributed by atoms with Crippen molar-refractivity contribution in [1.29, 1.82) is 0 Å². The van der Waals surface area contributed by atoms with Crippen LogP contribution in [-0.4, -0.2) is 148 Å². The van der Waals surface area contributed by atoms with Gasteiger partial charge in [-0.05, 0) is 104 Å². The van der Waals surface area contributed by atoms with Gasteiger partial charge >= 0.3 is 63.6 Å². The van der Waals surface area contributed by atoms with Gasteiger partial charge in [-0.3, -0.25) is 33.2 Å².